The van der Waals surface area contributed by atoms with Crippen molar-refractivity contribution < 1.29 is 4.42 Å². The highest BCUT2D eigenvalue weighted by Gasteiger charge is 2.17. The Hall–Kier alpha value is -0.800. The normalized spacial score (nSPS) is 13.1. The number of nitrogens with one attached hydrogen (secondary N) is 1. The van der Waals surface area contributed by atoms with Crippen molar-refractivity contribution in [3.8, 4) is 0 Å². The van der Waals surface area contributed by atoms with Crippen molar-refractivity contribution in [3.05, 3.63) is 24.2 Å². The van der Waals surface area contributed by atoms with Crippen molar-refractivity contribution in [1.82, 2.24) is 10.2 Å². The highest BCUT2D eigenvalue weighted by atomic mass is 16.3. The molecule has 0 spiro atoms. The number of rotatable bonds is 10. The predicted octanol–water partition coefficient (Wildman–Crippen LogP) is 3.27. The fourth-order valence-corrected chi connectivity index (χ4v) is 2.29. The molecule has 0 amide bonds. The van der Waals surface area contributed by atoms with Crippen LogP contribution in [0.15, 0.2) is 22.8 Å². The average Bonchev–Trinajstić information content (AvgIpc) is 2.88. The van der Waals surface area contributed by atoms with E-state index in [1.54, 1.807) is 6.26 Å². The number of hydrogen-bond donors (Lipinski definition) is 1. The summed E-state index contributed by atoms with van der Waals surface area (Å²) in [5.74, 6) is 1.06. The molecular formula is C15H28N2O. The lowest BCUT2D eigenvalue weighted by Crippen LogP contribution is -2.42. The number of nitrogens with zero attached hydrogens (tertiary/aromatic N) is 1. The predicted molar refractivity (Wildman–Crippen MR) is 76.6 cm³/mol. The summed E-state index contributed by atoms with van der Waals surface area (Å²) >= 11 is 0. The van der Waals surface area contributed by atoms with E-state index >= 15 is 0 Å². The zero-order valence-electron chi connectivity index (χ0n) is 12.1. The largest absolute Gasteiger partial charge is 0.468 e. The lowest BCUT2D eigenvalue weighted by molar-refractivity contribution is 0.169. The van der Waals surface area contributed by atoms with Crippen molar-refractivity contribution in [2.24, 2.45) is 0 Å². The summed E-state index contributed by atoms with van der Waals surface area (Å²) in [7, 11) is 0. The third-order valence-corrected chi connectivity index (χ3v) is 3.29. The van der Waals surface area contributed by atoms with Gasteiger partial charge in [-0.25, -0.2) is 0 Å². The van der Waals surface area contributed by atoms with Gasteiger partial charge >= 0.3 is 0 Å². The first kappa shape index (κ1) is 15.3. The highest BCUT2D eigenvalue weighted by molar-refractivity contribution is 4.98. The van der Waals surface area contributed by atoms with Crippen LogP contribution in [0.4, 0.5) is 0 Å². The van der Waals surface area contributed by atoms with E-state index in [1.807, 2.05) is 6.07 Å². The molecule has 3 nitrogen and oxygen atoms in total. The Morgan fingerprint density at radius 3 is 2.67 bits per heavy atom. The van der Waals surface area contributed by atoms with Crippen LogP contribution in [0.3, 0.4) is 0 Å². The van der Waals surface area contributed by atoms with Gasteiger partial charge in [-0.05, 0) is 38.1 Å². The van der Waals surface area contributed by atoms with Crippen molar-refractivity contribution in [2.45, 2.75) is 52.6 Å². The molecule has 0 saturated heterocycles. The molecule has 1 aromatic heterocycles. The van der Waals surface area contributed by atoms with Crippen LogP contribution in [-0.2, 0) is 6.54 Å². The molecule has 1 N–H and O–H groups in total. The zero-order valence-corrected chi connectivity index (χ0v) is 12.1. The molecule has 0 aliphatic rings. The molecule has 0 aromatic carbocycles. The maximum Gasteiger partial charge on any atom is 0.117 e. The Morgan fingerprint density at radius 1 is 1.28 bits per heavy atom. The monoisotopic (exact) mass is 252 g/mol. The van der Waals surface area contributed by atoms with Gasteiger partial charge < -0.3 is 9.73 Å². The summed E-state index contributed by atoms with van der Waals surface area (Å²) in [4.78, 5) is 2.50. The second kappa shape index (κ2) is 9.17. The van der Waals surface area contributed by atoms with Crippen molar-refractivity contribution in [3.63, 3.8) is 0 Å². The molecule has 0 aliphatic carbocycles. The van der Waals surface area contributed by atoms with Gasteiger partial charge in [0.25, 0.3) is 0 Å². The van der Waals surface area contributed by atoms with Gasteiger partial charge in [-0.15, -0.1) is 0 Å². The van der Waals surface area contributed by atoms with E-state index in [1.165, 1.54) is 19.3 Å². The molecule has 1 rings (SSSR count). The molecule has 0 fully saturated rings. The summed E-state index contributed by atoms with van der Waals surface area (Å²) in [5, 5.41) is 3.54. The first-order valence-corrected chi connectivity index (χ1v) is 7.28. The summed E-state index contributed by atoms with van der Waals surface area (Å²) in [6, 6.07) is 4.63. The van der Waals surface area contributed by atoms with Crippen LogP contribution < -0.4 is 5.32 Å². The molecule has 0 bridgehead atoms. The molecule has 1 unspecified atom stereocenters. The van der Waals surface area contributed by atoms with Crippen molar-refractivity contribution in [2.75, 3.05) is 19.6 Å². The second-order valence-corrected chi connectivity index (χ2v) is 4.79. The molecule has 0 saturated carbocycles. The average molecular weight is 252 g/mol. The number of furan rings is 1. The molecule has 104 valence electrons. The standard InChI is InChI=1S/C15H28N2O/c1-4-8-14(12-16-10-5-2)17(6-3)13-15-9-7-11-18-15/h7,9,11,14,16H,4-6,8,10,12-13H2,1-3H3. The van der Waals surface area contributed by atoms with Gasteiger partial charge in [0, 0.05) is 12.6 Å². The van der Waals surface area contributed by atoms with E-state index in [2.05, 4.69) is 37.1 Å². The molecule has 18 heavy (non-hydrogen) atoms. The Labute approximate surface area is 112 Å². The molecule has 1 aromatic rings. The highest BCUT2D eigenvalue weighted by Crippen LogP contribution is 2.12. The van der Waals surface area contributed by atoms with Crippen LogP contribution in [0.25, 0.3) is 0 Å². The minimum absolute atomic E-state index is 0.608. The fraction of sp³-hybridized carbons (Fsp3) is 0.733. The second-order valence-electron chi connectivity index (χ2n) is 4.79. The lowest BCUT2D eigenvalue weighted by atomic mass is 10.1. The first-order valence-electron chi connectivity index (χ1n) is 7.28. The van der Waals surface area contributed by atoms with Crippen LogP contribution in [0.2, 0.25) is 0 Å². The molecular weight excluding hydrogens is 224 g/mol. The minimum Gasteiger partial charge on any atom is -0.468 e. The zero-order chi connectivity index (χ0) is 13.2. The molecule has 1 heterocycles. The SMILES string of the molecule is CCCNCC(CCC)N(CC)Cc1ccco1. The van der Waals surface area contributed by atoms with Gasteiger partial charge in [-0.3, -0.25) is 4.90 Å². The quantitative estimate of drug-likeness (QED) is 0.648. The Kier molecular flexibility index (Phi) is 7.78. The Morgan fingerprint density at radius 2 is 2.11 bits per heavy atom. The van der Waals surface area contributed by atoms with Gasteiger partial charge in [0.15, 0.2) is 0 Å². The first-order chi connectivity index (χ1) is 8.81. The summed E-state index contributed by atoms with van der Waals surface area (Å²) in [6.45, 7) is 10.9. The third-order valence-electron chi connectivity index (χ3n) is 3.29. The van der Waals surface area contributed by atoms with Crippen LogP contribution in [-0.4, -0.2) is 30.6 Å². The van der Waals surface area contributed by atoms with Crippen molar-refractivity contribution in [1.29, 1.82) is 0 Å². The molecule has 0 radical (unpaired) electrons. The van der Waals surface area contributed by atoms with Gasteiger partial charge in [-0.2, -0.15) is 0 Å². The van der Waals surface area contributed by atoms with Crippen molar-refractivity contribution >= 4 is 0 Å². The van der Waals surface area contributed by atoms with Crippen LogP contribution in [0.5, 0.6) is 0 Å². The smallest absolute Gasteiger partial charge is 0.117 e. The maximum absolute atomic E-state index is 5.46. The molecule has 0 aliphatic heterocycles. The topological polar surface area (TPSA) is 28.4 Å². The van der Waals surface area contributed by atoms with Gasteiger partial charge in [-0.1, -0.05) is 27.2 Å². The fourth-order valence-electron chi connectivity index (χ4n) is 2.29. The van der Waals surface area contributed by atoms with Gasteiger partial charge in [0.2, 0.25) is 0 Å². The lowest BCUT2D eigenvalue weighted by Gasteiger charge is -2.30. The van der Waals surface area contributed by atoms with E-state index in [4.69, 9.17) is 4.42 Å². The molecule has 3 heteroatoms. The van der Waals surface area contributed by atoms with Crippen LogP contribution >= 0.6 is 0 Å². The summed E-state index contributed by atoms with van der Waals surface area (Å²) in [6.07, 6.45) is 5.43. The maximum atomic E-state index is 5.46. The molecule has 1 atom stereocenters. The summed E-state index contributed by atoms with van der Waals surface area (Å²) < 4.78 is 5.46. The van der Waals surface area contributed by atoms with E-state index in [0.29, 0.717) is 6.04 Å². The van der Waals surface area contributed by atoms with Crippen LogP contribution in [0, 0.1) is 0 Å². The van der Waals surface area contributed by atoms with E-state index in [9.17, 15) is 0 Å². The number of hydrogen-bond acceptors (Lipinski definition) is 3. The van der Waals surface area contributed by atoms with E-state index in [-0.39, 0.29) is 0 Å². The third kappa shape index (κ3) is 5.23. The Balaban J connectivity index is 2.50. The number of likely N-dealkylation sites (N-methyl/N-ethyl adjacent to an activating group) is 1. The minimum atomic E-state index is 0.608. The Bertz CT molecular complexity index is 285. The summed E-state index contributed by atoms with van der Waals surface area (Å²) in [5.41, 5.74) is 0. The van der Waals surface area contributed by atoms with Crippen LogP contribution in [0.1, 0.15) is 45.8 Å². The van der Waals surface area contributed by atoms with E-state index < -0.39 is 0 Å². The van der Waals surface area contributed by atoms with E-state index in [0.717, 1.165) is 31.9 Å². The van der Waals surface area contributed by atoms with Gasteiger partial charge in [0.1, 0.15) is 5.76 Å². The van der Waals surface area contributed by atoms with Gasteiger partial charge in [0.05, 0.1) is 12.8 Å².